The summed E-state index contributed by atoms with van der Waals surface area (Å²) in [6.45, 7) is 0. The maximum atomic E-state index is 10.5. The molecule has 0 bridgehead atoms. The lowest BCUT2D eigenvalue weighted by molar-refractivity contribution is -0.384. The highest BCUT2D eigenvalue weighted by Crippen LogP contribution is 2.35. The van der Waals surface area contributed by atoms with Gasteiger partial charge in [0.15, 0.2) is 0 Å². The summed E-state index contributed by atoms with van der Waals surface area (Å²) in [4.78, 5) is 11.1. The molecule has 16 heavy (non-hydrogen) atoms. The van der Waals surface area contributed by atoms with Gasteiger partial charge < -0.3 is 4.74 Å². The Kier molecular flexibility index (Phi) is 2.87. The second-order valence-corrected chi connectivity index (χ2v) is 4.04. The van der Waals surface area contributed by atoms with Crippen molar-refractivity contribution in [3.05, 3.63) is 45.8 Å². The lowest BCUT2D eigenvalue weighted by Crippen LogP contribution is -1.87. The molecule has 1 aromatic heterocycles. The summed E-state index contributed by atoms with van der Waals surface area (Å²) in [7, 11) is 1.61. The molecule has 2 aromatic rings. The molecule has 0 aliphatic carbocycles. The second kappa shape index (κ2) is 4.32. The molecule has 4 nitrogen and oxygen atoms in total. The van der Waals surface area contributed by atoms with Gasteiger partial charge in [0.1, 0.15) is 5.75 Å². The summed E-state index contributed by atoms with van der Waals surface area (Å²) in [6.07, 6.45) is 0. The smallest absolute Gasteiger partial charge is 0.269 e. The third-order valence-corrected chi connectivity index (χ3v) is 3.13. The minimum Gasteiger partial charge on any atom is -0.495 e. The number of nitro groups is 1. The Morgan fingerprint density at radius 2 is 1.94 bits per heavy atom. The number of nitrogens with zero attached hydrogens (tertiary/aromatic N) is 1. The van der Waals surface area contributed by atoms with Crippen molar-refractivity contribution in [2.45, 2.75) is 0 Å². The van der Waals surface area contributed by atoms with E-state index < -0.39 is 4.92 Å². The average molecular weight is 235 g/mol. The quantitative estimate of drug-likeness (QED) is 0.605. The first kappa shape index (κ1) is 10.6. The molecule has 82 valence electrons. The molecular weight excluding hydrogens is 226 g/mol. The van der Waals surface area contributed by atoms with Crippen molar-refractivity contribution in [2.75, 3.05) is 7.11 Å². The molecule has 0 aliphatic heterocycles. The molecule has 0 amide bonds. The van der Waals surface area contributed by atoms with E-state index in [0.717, 1.165) is 16.2 Å². The van der Waals surface area contributed by atoms with Crippen LogP contribution in [0.15, 0.2) is 35.7 Å². The maximum Gasteiger partial charge on any atom is 0.269 e. The van der Waals surface area contributed by atoms with Gasteiger partial charge in [0, 0.05) is 12.1 Å². The number of hydrogen-bond donors (Lipinski definition) is 0. The highest BCUT2D eigenvalue weighted by molar-refractivity contribution is 7.14. The summed E-state index contributed by atoms with van der Waals surface area (Å²) in [5, 5.41) is 12.4. The van der Waals surface area contributed by atoms with Crippen molar-refractivity contribution < 1.29 is 9.66 Å². The predicted octanol–water partition coefficient (Wildman–Crippen LogP) is 3.33. The minimum atomic E-state index is -0.407. The molecule has 5 heteroatoms. The molecule has 0 N–H and O–H groups in total. The van der Waals surface area contributed by atoms with E-state index in [4.69, 9.17) is 4.74 Å². The summed E-state index contributed by atoms with van der Waals surface area (Å²) < 4.78 is 5.19. The van der Waals surface area contributed by atoms with Crippen LogP contribution in [0.3, 0.4) is 0 Å². The molecule has 0 unspecified atom stereocenters. The molecule has 1 heterocycles. The molecule has 0 fully saturated rings. The van der Waals surface area contributed by atoms with Gasteiger partial charge in [-0.2, -0.15) is 0 Å². The number of benzene rings is 1. The van der Waals surface area contributed by atoms with Crippen LogP contribution in [0.4, 0.5) is 5.69 Å². The van der Waals surface area contributed by atoms with E-state index in [2.05, 4.69) is 0 Å². The highest BCUT2D eigenvalue weighted by atomic mass is 32.1. The zero-order valence-electron chi connectivity index (χ0n) is 8.54. The third kappa shape index (κ3) is 1.90. The van der Waals surface area contributed by atoms with Crippen molar-refractivity contribution in [3.8, 4) is 16.2 Å². The normalized spacial score (nSPS) is 10.1. The van der Waals surface area contributed by atoms with E-state index in [9.17, 15) is 10.1 Å². The Labute approximate surface area is 96.3 Å². The number of non-ortho nitro benzene ring substituents is 1. The van der Waals surface area contributed by atoms with Gasteiger partial charge in [0.2, 0.25) is 0 Å². The van der Waals surface area contributed by atoms with Gasteiger partial charge in [-0.25, -0.2) is 0 Å². The molecule has 0 radical (unpaired) electrons. The van der Waals surface area contributed by atoms with Crippen LogP contribution in [0, 0.1) is 10.1 Å². The van der Waals surface area contributed by atoms with Crippen molar-refractivity contribution in [1.82, 2.24) is 0 Å². The van der Waals surface area contributed by atoms with Crippen LogP contribution in [-0.4, -0.2) is 12.0 Å². The lowest BCUT2D eigenvalue weighted by Gasteiger charge is -2.01. The standard InChI is InChI=1S/C11H9NO3S/c1-15-10-6-7-16-11(10)8-2-4-9(5-3-8)12(13)14/h2-7H,1H3. The fourth-order valence-corrected chi connectivity index (χ4v) is 2.27. The van der Waals surface area contributed by atoms with Gasteiger partial charge in [-0.1, -0.05) is 0 Å². The molecule has 0 saturated heterocycles. The number of ether oxygens (including phenoxy) is 1. The first-order valence-corrected chi connectivity index (χ1v) is 5.46. The summed E-state index contributed by atoms with van der Waals surface area (Å²) >= 11 is 1.55. The van der Waals surface area contributed by atoms with Crippen molar-refractivity contribution in [1.29, 1.82) is 0 Å². The number of rotatable bonds is 3. The first-order chi connectivity index (χ1) is 7.72. The van der Waals surface area contributed by atoms with Gasteiger partial charge in [0.25, 0.3) is 5.69 Å². The maximum absolute atomic E-state index is 10.5. The average Bonchev–Trinajstić information content (AvgIpc) is 2.77. The molecule has 0 saturated carbocycles. The van der Waals surface area contributed by atoms with Crippen LogP contribution >= 0.6 is 11.3 Å². The number of nitro benzene ring substituents is 1. The van der Waals surface area contributed by atoms with E-state index in [-0.39, 0.29) is 5.69 Å². The summed E-state index contributed by atoms with van der Waals surface area (Å²) in [5.74, 6) is 0.791. The SMILES string of the molecule is COc1ccsc1-c1ccc([N+](=O)[O-])cc1. The van der Waals surface area contributed by atoms with Crippen LogP contribution in [-0.2, 0) is 0 Å². The Balaban J connectivity index is 2.38. The minimum absolute atomic E-state index is 0.0965. The number of thiophene rings is 1. The van der Waals surface area contributed by atoms with Crippen LogP contribution in [0.25, 0.3) is 10.4 Å². The Hall–Kier alpha value is -1.88. The summed E-state index contributed by atoms with van der Waals surface area (Å²) in [6, 6.07) is 8.32. The molecule has 2 rings (SSSR count). The first-order valence-electron chi connectivity index (χ1n) is 4.58. The van der Waals surface area contributed by atoms with Gasteiger partial charge in [-0.3, -0.25) is 10.1 Å². The molecule has 0 atom stereocenters. The van der Waals surface area contributed by atoms with Crippen LogP contribution in [0.5, 0.6) is 5.75 Å². The third-order valence-electron chi connectivity index (χ3n) is 2.19. The van der Waals surface area contributed by atoms with Gasteiger partial charge in [0.05, 0.1) is 16.9 Å². The van der Waals surface area contributed by atoms with E-state index in [0.29, 0.717) is 0 Å². The largest absolute Gasteiger partial charge is 0.495 e. The monoisotopic (exact) mass is 235 g/mol. The Morgan fingerprint density at radius 3 is 2.50 bits per heavy atom. The highest BCUT2D eigenvalue weighted by Gasteiger charge is 2.09. The topological polar surface area (TPSA) is 52.4 Å². The van der Waals surface area contributed by atoms with Crippen molar-refractivity contribution in [3.63, 3.8) is 0 Å². The molecular formula is C11H9NO3S. The van der Waals surface area contributed by atoms with Crippen LogP contribution in [0.1, 0.15) is 0 Å². The lowest BCUT2D eigenvalue weighted by atomic mass is 10.1. The second-order valence-electron chi connectivity index (χ2n) is 3.12. The van der Waals surface area contributed by atoms with E-state index >= 15 is 0 Å². The Bertz CT molecular complexity index is 504. The fourth-order valence-electron chi connectivity index (χ4n) is 1.40. The van der Waals surface area contributed by atoms with E-state index in [1.165, 1.54) is 12.1 Å². The van der Waals surface area contributed by atoms with Gasteiger partial charge in [-0.05, 0) is 29.1 Å². The van der Waals surface area contributed by atoms with Crippen molar-refractivity contribution in [2.24, 2.45) is 0 Å². The van der Waals surface area contributed by atoms with E-state index in [1.807, 2.05) is 11.4 Å². The zero-order chi connectivity index (χ0) is 11.5. The zero-order valence-corrected chi connectivity index (χ0v) is 9.36. The van der Waals surface area contributed by atoms with Gasteiger partial charge >= 0.3 is 0 Å². The number of methoxy groups -OCH3 is 1. The fraction of sp³-hybridized carbons (Fsp3) is 0.0909. The van der Waals surface area contributed by atoms with Crippen LogP contribution in [0.2, 0.25) is 0 Å². The molecule has 1 aromatic carbocycles. The Morgan fingerprint density at radius 1 is 1.25 bits per heavy atom. The van der Waals surface area contributed by atoms with Crippen LogP contribution < -0.4 is 4.74 Å². The molecule has 0 aliphatic rings. The van der Waals surface area contributed by atoms with E-state index in [1.54, 1.807) is 30.6 Å². The molecule has 0 spiro atoms. The van der Waals surface area contributed by atoms with Gasteiger partial charge in [-0.15, -0.1) is 11.3 Å². The summed E-state index contributed by atoms with van der Waals surface area (Å²) in [5.41, 5.74) is 1.02. The van der Waals surface area contributed by atoms with Crippen molar-refractivity contribution >= 4 is 17.0 Å². The predicted molar refractivity (Wildman–Crippen MR) is 63.0 cm³/mol. The number of hydrogen-bond acceptors (Lipinski definition) is 4.